The molecule has 1 aromatic heterocycles. The van der Waals surface area contributed by atoms with Crippen molar-refractivity contribution in [1.82, 2.24) is 9.88 Å². The Morgan fingerprint density at radius 3 is 2.37 bits per heavy atom. The number of pyridine rings is 1. The molecule has 140 valence electrons. The van der Waals surface area contributed by atoms with Crippen molar-refractivity contribution < 1.29 is 9.59 Å². The van der Waals surface area contributed by atoms with Crippen molar-refractivity contribution in [3.8, 4) is 6.07 Å². The summed E-state index contributed by atoms with van der Waals surface area (Å²) in [7, 11) is 0. The Hall–Kier alpha value is -3.40. The van der Waals surface area contributed by atoms with Gasteiger partial charge in [-0.2, -0.15) is 5.26 Å². The maximum absolute atomic E-state index is 12.4. The highest BCUT2D eigenvalue weighted by molar-refractivity contribution is 5.95. The predicted molar refractivity (Wildman–Crippen MR) is 103 cm³/mol. The summed E-state index contributed by atoms with van der Waals surface area (Å²) < 4.78 is 1.27. The molecule has 0 spiro atoms. The van der Waals surface area contributed by atoms with Gasteiger partial charge in [-0.15, -0.1) is 0 Å². The third-order valence-electron chi connectivity index (χ3n) is 3.97. The number of aromatic nitrogens is 1. The number of anilines is 1. The van der Waals surface area contributed by atoms with E-state index in [9.17, 15) is 14.4 Å². The van der Waals surface area contributed by atoms with E-state index in [0.717, 1.165) is 0 Å². The largest absolute Gasteiger partial charge is 0.350 e. The first-order chi connectivity index (χ1) is 12.7. The van der Waals surface area contributed by atoms with Crippen molar-refractivity contribution in [2.45, 2.75) is 40.3 Å². The average Bonchev–Trinajstić information content (AvgIpc) is 2.59. The number of hydrogen-bond acceptors (Lipinski definition) is 4. The third-order valence-corrected chi connectivity index (χ3v) is 3.97. The molecule has 2 aromatic rings. The number of hydrogen-bond donors (Lipinski definition) is 2. The van der Waals surface area contributed by atoms with Crippen LogP contribution < -0.4 is 16.2 Å². The number of nitrogens with one attached hydrogen (secondary N) is 2. The molecule has 0 unspecified atom stereocenters. The van der Waals surface area contributed by atoms with E-state index in [2.05, 4.69) is 10.6 Å². The van der Waals surface area contributed by atoms with E-state index < -0.39 is 11.5 Å². The lowest BCUT2D eigenvalue weighted by molar-refractivity contribution is -0.116. The van der Waals surface area contributed by atoms with E-state index in [0.29, 0.717) is 22.5 Å². The van der Waals surface area contributed by atoms with Crippen LogP contribution in [0, 0.1) is 25.2 Å². The Morgan fingerprint density at radius 2 is 1.81 bits per heavy atom. The Kier molecular flexibility index (Phi) is 6.14. The lowest BCUT2D eigenvalue weighted by Gasteiger charge is -2.12. The molecule has 1 aromatic carbocycles. The molecule has 7 heteroatoms. The Balaban J connectivity index is 2.12. The molecule has 0 aliphatic rings. The zero-order chi connectivity index (χ0) is 20.1. The van der Waals surface area contributed by atoms with Crippen LogP contribution in [0.4, 0.5) is 5.69 Å². The van der Waals surface area contributed by atoms with Crippen LogP contribution in [0.1, 0.15) is 41.0 Å². The molecule has 0 saturated carbocycles. The van der Waals surface area contributed by atoms with Gasteiger partial charge in [-0.25, -0.2) is 0 Å². The number of nitrogens with zero attached hydrogens (tertiary/aromatic N) is 2. The molecule has 7 nitrogen and oxygen atoms in total. The summed E-state index contributed by atoms with van der Waals surface area (Å²) in [6.07, 6.45) is 0. The number of carbonyl (C=O) groups is 2. The van der Waals surface area contributed by atoms with Crippen LogP contribution >= 0.6 is 0 Å². The molecular weight excluding hydrogens is 344 g/mol. The van der Waals surface area contributed by atoms with Crippen molar-refractivity contribution in [3.63, 3.8) is 0 Å². The van der Waals surface area contributed by atoms with Gasteiger partial charge in [0.25, 0.3) is 11.5 Å². The molecule has 1 heterocycles. The summed E-state index contributed by atoms with van der Waals surface area (Å²) in [6, 6.07) is 10.1. The second-order valence-electron chi connectivity index (χ2n) is 6.60. The van der Waals surface area contributed by atoms with Crippen molar-refractivity contribution in [2.24, 2.45) is 0 Å². The topological polar surface area (TPSA) is 104 Å². The predicted octanol–water partition coefficient (Wildman–Crippen LogP) is 2.11. The maximum Gasteiger partial charge on any atom is 0.269 e. The van der Waals surface area contributed by atoms with Gasteiger partial charge in [0.15, 0.2) is 0 Å². The highest BCUT2D eigenvalue weighted by Gasteiger charge is 2.13. The van der Waals surface area contributed by atoms with Crippen LogP contribution in [0.25, 0.3) is 0 Å². The van der Waals surface area contributed by atoms with Gasteiger partial charge in [0.2, 0.25) is 5.91 Å². The molecule has 2 rings (SSSR count). The van der Waals surface area contributed by atoms with Gasteiger partial charge in [0.1, 0.15) is 18.2 Å². The average molecular weight is 366 g/mol. The summed E-state index contributed by atoms with van der Waals surface area (Å²) in [5, 5.41) is 14.6. The van der Waals surface area contributed by atoms with Gasteiger partial charge in [-0.3, -0.25) is 14.4 Å². The van der Waals surface area contributed by atoms with E-state index in [-0.39, 0.29) is 24.1 Å². The summed E-state index contributed by atoms with van der Waals surface area (Å²) in [5.74, 6) is -0.582. The monoisotopic (exact) mass is 366 g/mol. The Labute approximate surface area is 157 Å². The van der Waals surface area contributed by atoms with Gasteiger partial charge in [-0.1, -0.05) is 0 Å². The second kappa shape index (κ2) is 8.32. The summed E-state index contributed by atoms with van der Waals surface area (Å²) in [4.78, 5) is 36.6. The molecule has 0 fully saturated rings. The fraction of sp³-hybridized carbons (Fsp3) is 0.300. The molecule has 2 N–H and O–H groups in total. The van der Waals surface area contributed by atoms with Gasteiger partial charge < -0.3 is 15.2 Å². The van der Waals surface area contributed by atoms with Crippen molar-refractivity contribution in [2.75, 3.05) is 5.32 Å². The van der Waals surface area contributed by atoms with Gasteiger partial charge in [0, 0.05) is 23.0 Å². The van der Waals surface area contributed by atoms with E-state index in [4.69, 9.17) is 5.26 Å². The van der Waals surface area contributed by atoms with Crippen molar-refractivity contribution >= 4 is 17.5 Å². The zero-order valence-electron chi connectivity index (χ0n) is 15.8. The smallest absolute Gasteiger partial charge is 0.269 e. The molecule has 0 aliphatic heterocycles. The molecule has 0 radical (unpaired) electrons. The van der Waals surface area contributed by atoms with Crippen LogP contribution in [-0.4, -0.2) is 22.4 Å². The molecule has 2 amide bonds. The first-order valence-electron chi connectivity index (χ1n) is 8.55. The van der Waals surface area contributed by atoms with Gasteiger partial charge in [0.05, 0.1) is 0 Å². The highest BCUT2D eigenvalue weighted by atomic mass is 16.2. The SMILES string of the molecule is Cc1cc(C)n(CC(=O)Nc2ccc(C(=O)NC(C)C)cc2)c(=O)c1C#N. The molecule has 0 atom stereocenters. The zero-order valence-corrected chi connectivity index (χ0v) is 15.8. The Morgan fingerprint density at radius 1 is 1.19 bits per heavy atom. The quantitative estimate of drug-likeness (QED) is 0.846. The number of amides is 2. The minimum Gasteiger partial charge on any atom is -0.350 e. The van der Waals surface area contributed by atoms with E-state index in [1.807, 2.05) is 19.9 Å². The van der Waals surface area contributed by atoms with Crippen LogP contribution in [0.5, 0.6) is 0 Å². The maximum atomic E-state index is 12.4. The van der Waals surface area contributed by atoms with E-state index in [1.165, 1.54) is 4.57 Å². The summed E-state index contributed by atoms with van der Waals surface area (Å²) >= 11 is 0. The van der Waals surface area contributed by atoms with E-state index in [1.54, 1.807) is 44.2 Å². The molecule has 0 aliphatic carbocycles. The molecule has 27 heavy (non-hydrogen) atoms. The molecular formula is C20H22N4O3. The second-order valence-corrected chi connectivity index (χ2v) is 6.60. The lowest BCUT2D eigenvalue weighted by Crippen LogP contribution is -2.31. The van der Waals surface area contributed by atoms with Crippen molar-refractivity contribution in [3.05, 3.63) is 63.1 Å². The molecule has 0 bridgehead atoms. The molecule has 0 saturated heterocycles. The number of rotatable bonds is 5. The fourth-order valence-electron chi connectivity index (χ4n) is 2.65. The van der Waals surface area contributed by atoms with E-state index >= 15 is 0 Å². The first-order valence-corrected chi connectivity index (χ1v) is 8.55. The number of benzene rings is 1. The van der Waals surface area contributed by atoms with Gasteiger partial charge in [-0.05, 0) is 63.6 Å². The Bertz CT molecular complexity index is 966. The minimum absolute atomic E-state index is 0.0336. The first kappa shape index (κ1) is 19.9. The van der Waals surface area contributed by atoms with Crippen LogP contribution in [0.2, 0.25) is 0 Å². The normalized spacial score (nSPS) is 10.4. The minimum atomic E-state index is -0.481. The number of aryl methyl sites for hydroxylation is 2. The summed E-state index contributed by atoms with van der Waals surface area (Å²) in [6.45, 7) is 6.95. The van der Waals surface area contributed by atoms with Crippen molar-refractivity contribution in [1.29, 1.82) is 5.26 Å². The van der Waals surface area contributed by atoms with Crippen LogP contribution in [0.15, 0.2) is 35.1 Å². The third kappa shape index (κ3) is 4.82. The number of carbonyl (C=O) groups excluding carboxylic acids is 2. The van der Waals surface area contributed by atoms with Crippen LogP contribution in [0.3, 0.4) is 0 Å². The lowest BCUT2D eigenvalue weighted by atomic mass is 10.1. The standard InChI is InChI=1S/C20H22N4O3/c1-12(2)22-19(26)15-5-7-16(8-6-15)23-18(25)11-24-14(4)9-13(3)17(10-21)20(24)27/h5-9,12H,11H2,1-4H3,(H,22,26)(H,23,25). The van der Waals surface area contributed by atoms with Crippen LogP contribution in [-0.2, 0) is 11.3 Å². The number of nitriles is 1. The summed E-state index contributed by atoms with van der Waals surface area (Å²) in [5.41, 5.74) is 1.75. The highest BCUT2D eigenvalue weighted by Crippen LogP contribution is 2.11. The fourth-order valence-corrected chi connectivity index (χ4v) is 2.65. The van der Waals surface area contributed by atoms with Gasteiger partial charge >= 0.3 is 0 Å².